The Labute approximate surface area is 186 Å². The van der Waals surface area contributed by atoms with Gasteiger partial charge in [0.05, 0.1) is 28.0 Å². The van der Waals surface area contributed by atoms with E-state index in [4.69, 9.17) is 0 Å². The van der Waals surface area contributed by atoms with Crippen molar-refractivity contribution in [2.45, 2.75) is 19.4 Å². The summed E-state index contributed by atoms with van der Waals surface area (Å²) in [6.45, 7) is 9.62. The van der Waals surface area contributed by atoms with Gasteiger partial charge in [0.15, 0.2) is 0 Å². The number of aromatic nitrogens is 1. The highest BCUT2D eigenvalue weighted by Crippen LogP contribution is 2.41. The third-order valence-electron chi connectivity index (χ3n) is 7.02. The SMILES string of the molecule is C[C@@H]1CN(c2ccc(C#N)c3ncsc23)CC2=C3CC=C(N4CCNCC4)C=C3CN21. The maximum atomic E-state index is 9.43. The maximum Gasteiger partial charge on any atom is 0.101 e. The van der Waals surface area contributed by atoms with Crippen molar-refractivity contribution < 1.29 is 0 Å². The molecule has 2 aromatic rings. The molecule has 4 heterocycles. The van der Waals surface area contributed by atoms with Crippen molar-refractivity contribution in [3.63, 3.8) is 0 Å². The zero-order valence-electron chi connectivity index (χ0n) is 17.8. The predicted molar refractivity (Wildman–Crippen MR) is 125 cm³/mol. The lowest BCUT2D eigenvalue weighted by Gasteiger charge is -2.42. The van der Waals surface area contributed by atoms with Crippen LogP contribution < -0.4 is 10.2 Å². The van der Waals surface area contributed by atoms with Gasteiger partial charge in [0.2, 0.25) is 0 Å². The Morgan fingerprint density at radius 1 is 1.19 bits per heavy atom. The lowest BCUT2D eigenvalue weighted by atomic mass is 9.96. The molecule has 4 aliphatic rings. The van der Waals surface area contributed by atoms with Crippen LogP contribution in [0.4, 0.5) is 5.69 Å². The topological polar surface area (TPSA) is 58.4 Å². The van der Waals surface area contributed by atoms with Crippen molar-refractivity contribution in [2.75, 3.05) is 50.7 Å². The van der Waals surface area contributed by atoms with E-state index in [1.165, 1.54) is 28.2 Å². The monoisotopic (exact) mass is 430 g/mol. The Kier molecular flexibility index (Phi) is 4.51. The molecule has 0 amide bonds. The number of hydrogen-bond acceptors (Lipinski definition) is 7. The Morgan fingerprint density at radius 2 is 2.06 bits per heavy atom. The summed E-state index contributed by atoms with van der Waals surface area (Å²) >= 11 is 1.64. The molecule has 1 atom stereocenters. The molecule has 7 heteroatoms. The first-order chi connectivity index (χ1) is 15.2. The average molecular weight is 431 g/mol. The van der Waals surface area contributed by atoms with Crippen LogP contribution in [0.2, 0.25) is 0 Å². The molecular formula is C24H26N6S. The first-order valence-electron chi connectivity index (χ1n) is 11.1. The Bertz CT molecular complexity index is 1180. The Hall–Kier alpha value is -2.82. The fourth-order valence-corrected chi connectivity index (χ4v) is 6.29. The molecule has 1 aromatic carbocycles. The van der Waals surface area contributed by atoms with Crippen LogP contribution in [0, 0.1) is 11.3 Å². The van der Waals surface area contributed by atoms with Gasteiger partial charge >= 0.3 is 0 Å². The molecule has 0 unspecified atom stereocenters. The molecule has 0 radical (unpaired) electrons. The van der Waals surface area contributed by atoms with E-state index in [1.807, 2.05) is 11.6 Å². The number of fused-ring (bicyclic) bond motifs is 3. The van der Waals surface area contributed by atoms with Gasteiger partial charge < -0.3 is 20.0 Å². The van der Waals surface area contributed by atoms with Gasteiger partial charge in [-0.1, -0.05) is 6.08 Å². The van der Waals surface area contributed by atoms with Crippen LogP contribution >= 0.6 is 11.3 Å². The van der Waals surface area contributed by atoms with E-state index in [1.54, 1.807) is 11.3 Å². The van der Waals surface area contributed by atoms with Crippen molar-refractivity contribution in [3.05, 3.63) is 57.9 Å². The van der Waals surface area contributed by atoms with Gasteiger partial charge in [-0.25, -0.2) is 4.98 Å². The summed E-state index contributed by atoms with van der Waals surface area (Å²) in [5.74, 6) is 0. The number of thiazole rings is 1. The summed E-state index contributed by atoms with van der Waals surface area (Å²) in [5, 5.41) is 12.9. The van der Waals surface area contributed by atoms with E-state index in [9.17, 15) is 5.26 Å². The van der Waals surface area contributed by atoms with Gasteiger partial charge in [-0.15, -0.1) is 11.3 Å². The summed E-state index contributed by atoms with van der Waals surface area (Å²) in [5.41, 5.74) is 10.5. The zero-order chi connectivity index (χ0) is 20.9. The second kappa shape index (κ2) is 7.40. The van der Waals surface area contributed by atoms with E-state index in [2.05, 4.69) is 56.2 Å². The zero-order valence-corrected chi connectivity index (χ0v) is 18.6. The number of rotatable bonds is 2. The molecule has 1 aliphatic carbocycles. The summed E-state index contributed by atoms with van der Waals surface area (Å²) < 4.78 is 1.13. The van der Waals surface area contributed by atoms with Crippen LogP contribution in [0.15, 0.2) is 52.3 Å². The van der Waals surface area contributed by atoms with E-state index in [-0.39, 0.29) is 0 Å². The smallest absolute Gasteiger partial charge is 0.101 e. The predicted octanol–water partition coefficient (Wildman–Crippen LogP) is 3.07. The molecule has 0 saturated carbocycles. The second-order valence-corrected chi connectivity index (χ2v) is 9.65. The van der Waals surface area contributed by atoms with Crippen molar-refractivity contribution in [1.82, 2.24) is 20.1 Å². The van der Waals surface area contributed by atoms with Crippen LogP contribution in [-0.4, -0.2) is 66.6 Å². The van der Waals surface area contributed by atoms with Crippen LogP contribution in [0.25, 0.3) is 10.2 Å². The highest BCUT2D eigenvalue weighted by Gasteiger charge is 2.37. The second-order valence-electron chi connectivity index (χ2n) is 8.80. The number of nitrogens with one attached hydrogen (secondary N) is 1. The third-order valence-corrected chi connectivity index (χ3v) is 7.87. The van der Waals surface area contributed by atoms with Crippen LogP contribution in [0.1, 0.15) is 18.9 Å². The lowest BCUT2D eigenvalue weighted by molar-refractivity contribution is 0.273. The quantitative estimate of drug-likeness (QED) is 0.790. The standard InChI is InChI=1S/C24H26N6S/c1-16-12-29(21-5-2-17(11-25)23-24(21)31-15-27-23)14-22-20-4-3-19(10-18(20)13-30(16)22)28-8-6-26-7-9-28/h2-3,5,10,15-16,26H,4,6-9,12-14H2,1H3/t16-/m1/s1. The maximum absolute atomic E-state index is 9.43. The molecule has 0 bridgehead atoms. The Balaban J connectivity index is 1.32. The molecule has 3 aliphatic heterocycles. The number of allylic oxidation sites excluding steroid dienone is 2. The molecule has 1 aromatic heterocycles. The lowest BCUT2D eigenvalue weighted by Crippen LogP contribution is -2.49. The summed E-state index contributed by atoms with van der Waals surface area (Å²) in [6, 6.07) is 6.77. The van der Waals surface area contributed by atoms with Gasteiger partial charge in [0.25, 0.3) is 0 Å². The molecule has 31 heavy (non-hydrogen) atoms. The number of nitriles is 1. The van der Waals surface area contributed by atoms with E-state index >= 15 is 0 Å². The fourth-order valence-electron chi connectivity index (χ4n) is 5.43. The fraction of sp³-hybridized carbons (Fsp3) is 0.417. The van der Waals surface area contributed by atoms with E-state index < -0.39 is 0 Å². The average Bonchev–Trinajstić information content (AvgIpc) is 3.44. The van der Waals surface area contributed by atoms with Crippen LogP contribution in [0.3, 0.4) is 0 Å². The van der Waals surface area contributed by atoms with Gasteiger partial charge in [0.1, 0.15) is 11.6 Å². The molecule has 1 N–H and O–H groups in total. The van der Waals surface area contributed by atoms with Crippen molar-refractivity contribution >= 4 is 27.2 Å². The largest absolute Gasteiger partial charge is 0.369 e. The minimum atomic E-state index is 0.448. The molecule has 2 saturated heterocycles. The van der Waals surface area contributed by atoms with Crippen LogP contribution in [-0.2, 0) is 0 Å². The molecule has 6 rings (SSSR count). The van der Waals surface area contributed by atoms with Crippen molar-refractivity contribution in [1.29, 1.82) is 5.26 Å². The Morgan fingerprint density at radius 3 is 2.90 bits per heavy atom. The minimum Gasteiger partial charge on any atom is -0.369 e. The summed E-state index contributed by atoms with van der Waals surface area (Å²) in [4.78, 5) is 12.1. The van der Waals surface area contributed by atoms with E-state index in [0.717, 1.165) is 62.5 Å². The number of piperazine rings is 2. The first-order valence-corrected chi connectivity index (χ1v) is 12.0. The first kappa shape index (κ1) is 18.9. The van der Waals surface area contributed by atoms with Crippen LogP contribution in [0.5, 0.6) is 0 Å². The minimum absolute atomic E-state index is 0.448. The molecule has 158 valence electrons. The van der Waals surface area contributed by atoms with Crippen molar-refractivity contribution in [2.24, 2.45) is 0 Å². The number of anilines is 1. The third kappa shape index (κ3) is 3.05. The molecular weight excluding hydrogens is 404 g/mol. The van der Waals surface area contributed by atoms with Gasteiger partial charge in [-0.05, 0) is 42.7 Å². The van der Waals surface area contributed by atoms with E-state index in [0.29, 0.717) is 11.6 Å². The number of nitrogens with zero attached hydrogens (tertiary/aromatic N) is 5. The highest BCUT2D eigenvalue weighted by molar-refractivity contribution is 7.17. The normalized spacial score (nSPS) is 23.5. The van der Waals surface area contributed by atoms with Gasteiger partial charge in [0, 0.05) is 56.7 Å². The highest BCUT2D eigenvalue weighted by atomic mass is 32.1. The number of hydrogen-bond donors (Lipinski definition) is 1. The van der Waals surface area contributed by atoms with Gasteiger partial charge in [-0.3, -0.25) is 0 Å². The van der Waals surface area contributed by atoms with Crippen molar-refractivity contribution in [3.8, 4) is 6.07 Å². The molecule has 6 nitrogen and oxygen atoms in total. The number of benzene rings is 1. The molecule has 0 spiro atoms. The summed E-state index contributed by atoms with van der Waals surface area (Å²) in [6.07, 6.45) is 5.89. The molecule has 2 fully saturated rings. The van der Waals surface area contributed by atoms with Gasteiger partial charge in [-0.2, -0.15) is 5.26 Å². The summed E-state index contributed by atoms with van der Waals surface area (Å²) in [7, 11) is 0.